The number of hydrogen-bond acceptors (Lipinski definition) is 7. The van der Waals surface area contributed by atoms with Crippen LogP contribution in [0.4, 0.5) is 11.4 Å². The summed E-state index contributed by atoms with van der Waals surface area (Å²) in [6.45, 7) is 11.0. The number of aryl methyl sites for hydroxylation is 2. The second kappa shape index (κ2) is 11.2. The van der Waals surface area contributed by atoms with Crippen molar-refractivity contribution in [2.24, 2.45) is 0 Å². The Morgan fingerprint density at radius 3 is 2.51 bits per heavy atom. The molecule has 0 atom stereocenters. The maximum absolute atomic E-state index is 13.2. The molecule has 2 amide bonds. The van der Waals surface area contributed by atoms with E-state index in [1.807, 2.05) is 26.0 Å². The Hall–Kier alpha value is -4.44. The normalized spacial score (nSPS) is 14.8. The maximum Gasteiger partial charge on any atom is 0.257 e. The van der Waals surface area contributed by atoms with Crippen molar-refractivity contribution in [3.8, 4) is 11.3 Å². The standard InChI is InChI=1S/C31H35N7O3/c1-6-26(39)28-18(2)10-21(14-33-28)25-12-20-11-22(15-34-29(20)36-25)30(41)37-24-13-23(16-32-19(24)3)35-27(40)17-38-9-7-8-31(38,4)5/h10-16H,6-9,17H2,1-5H3,(H,34,36)(H,35,40)(H,37,41). The first kappa shape index (κ1) is 28.1. The molecule has 0 saturated carbocycles. The Bertz CT molecular complexity index is 1660. The molecule has 0 aliphatic carbocycles. The van der Waals surface area contributed by atoms with Gasteiger partial charge in [0.05, 0.1) is 35.4 Å². The first-order chi connectivity index (χ1) is 19.5. The van der Waals surface area contributed by atoms with E-state index < -0.39 is 0 Å². The number of hydrogen-bond donors (Lipinski definition) is 3. The van der Waals surface area contributed by atoms with Gasteiger partial charge in [-0.15, -0.1) is 0 Å². The smallest absolute Gasteiger partial charge is 0.257 e. The molecule has 0 unspecified atom stereocenters. The Labute approximate surface area is 239 Å². The molecule has 10 nitrogen and oxygen atoms in total. The number of nitrogens with one attached hydrogen (secondary N) is 3. The van der Waals surface area contributed by atoms with Gasteiger partial charge in [-0.2, -0.15) is 0 Å². The van der Waals surface area contributed by atoms with Crippen molar-refractivity contribution in [3.05, 3.63) is 65.4 Å². The molecule has 4 aromatic heterocycles. The number of H-pyrrole nitrogens is 1. The molecule has 212 valence electrons. The van der Waals surface area contributed by atoms with Crippen LogP contribution in [-0.2, 0) is 4.79 Å². The molecule has 0 radical (unpaired) electrons. The molecular weight excluding hydrogens is 518 g/mol. The van der Waals surface area contributed by atoms with E-state index in [2.05, 4.69) is 49.3 Å². The number of Topliss-reactive ketones (excluding diaryl/α,β-unsaturated/α-hetero) is 1. The van der Waals surface area contributed by atoms with E-state index in [1.165, 1.54) is 6.20 Å². The average Bonchev–Trinajstić information content (AvgIpc) is 3.51. The van der Waals surface area contributed by atoms with Crippen molar-refractivity contribution in [3.63, 3.8) is 0 Å². The number of likely N-dealkylation sites (tertiary alicyclic amines) is 1. The van der Waals surface area contributed by atoms with Gasteiger partial charge in [-0.05, 0) is 76.9 Å². The quantitative estimate of drug-likeness (QED) is 0.252. The van der Waals surface area contributed by atoms with Crippen LogP contribution in [0, 0.1) is 13.8 Å². The SMILES string of the molecule is CCC(=O)c1ncc(-c2cc3cc(C(=O)Nc4cc(NC(=O)CN5CCCC5(C)C)cnc4C)cnc3[nH]2)cc1C. The number of amides is 2. The van der Waals surface area contributed by atoms with E-state index in [1.54, 1.807) is 31.5 Å². The summed E-state index contributed by atoms with van der Waals surface area (Å²) >= 11 is 0. The molecule has 1 saturated heterocycles. The second-order valence-electron chi connectivity index (χ2n) is 11.2. The van der Waals surface area contributed by atoms with Crippen LogP contribution >= 0.6 is 0 Å². The molecule has 1 aliphatic heterocycles. The third kappa shape index (κ3) is 6.02. The van der Waals surface area contributed by atoms with E-state index >= 15 is 0 Å². The Balaban J connectivity index is 1.30. The van der Waals surface area contributed by atoms with Crippen molar-refractivity contribution in [1.29, 1.82) is 0 Å². The molecule has 3 N–H and O–H groups in total. The summed E-state index contributed by atoms with van der Waals surface area (Å²) in [4.78, 5) is 56.6. The van der Waals surface area contributed by atoms with Crippen LogP contribution in [0.15, 0.2) is 42.9 Å². The topological polar surface area (TPSA) is 133 Å². The largest absolute Gasteiger partial charge is 0.339 e. The van der Waals surface area contributed by atoms with Gasteiger partial charge in [-0.3, -0.25) is 29.3 Å². The van der Waals surface area contributed by atoms with Gasteiger partial charge in [0.25, 0.3) is 5.91 Å². The zero-order valence-electron chi connectivity index (χ0n) is 24.1. The van der Waals surface area contributed by atoms with Crippen LogP contribution in [0.5, 0.6) is 0 Å². The maximum atomic E-state index is 13.2. The summed E-state index contributed by atoms with van der Waals surface area (Å²) < 4.78 is 0. The number of anilines is 2. The highest BCUT2D eigenvalue weighted by atomic mass is 16.2. The number of nitrogens with zero attached hydrogens (tertiary/aromatic N) is 4. The fraction of sp³-hybridized carbons (Fsp3) is 0.355. The van der Waals surface area contributed by atoms with Crippen molar-refractivity contribution in [2.45, 2.75) is 59.4 Å². The lowest BCUT2D eigenvalue weighted by Crippen LogP contribution is -2.42. The minimum absolute atomic E-state index is 0.00685. The van der Waals surface area contributed by atoms with Gasteiger partial charge in [0, 0.05) is 41.0 Å². The van der Waals surface area contributed by atoms with Crippen LogP contribution < -0.4 is 10.6 Å². The highest BCUT2D eigenvalue weighted by Crippen LogP contribution is 2.28. The van der Waals surface area contributed by atoms with Crippen LogP contribution in [0.3, 0.4) is 0 Å². The first-order valence-electron chi connectivity index (χ1n) is 13.9. The summed E-state index contributed by atoms with van der Waals surface area (Å²) in [5.74, 6) is -0.445. The number of aromatic amines is 1. The predicted octanol–water partition coefficient (Wildman–Crippen LogP) is 5.29. The van der Waals surface area contributed by atoms with Gasteiger partial charge >= 0.3 is 0 Å². The highest BCUT2D eigenvalue weighted by molar-refractivity contribution is 6.06. The molecule has 41 heavy (non-hydrogen) atoms. The number of carbonyl (C=O) groups is 3. The van der Waals surface area contributed by atoms with Crippen LogP contribution in [0.25, 0.3) is 22.3 Å². The number of carbonyl (C=O) groups excluding carboxylic acids is 3. The molecule has 5 heterocycles. The van der Waals surface area contributed by atoms with Gasteiger partial charge in [0.1, 0.15) is 11.3 Å². The fourth-order valence-corrected chi connectivity index (χ4v) is 5.23. The molecule has 0 spiro atoms. The molecule has 0 aromatic carbocycles. The van der Waals surface area contributed by atoms with Crippen molar-refractivity contribution in [1.82, 2.24) is 24.8 Å². The Kier molecular flexibility index (Phi) is 7.68. The molecule has 0 bridgehead atoms. The first-order valence-corrected chi connectivity index (χ1v) is 13.9. The lowest BCUT2D eigenvalue weighted by Gasteiger charge is -2.30. The summed E-state index contributed by atoms with van der Waals surface area (Å²) in [7, 11) is 0. The summed E-state index contributed by atoms with van der Waals surface area (Å²) in [5, 5.41) is 6.58. The van der Waals surface area contributed by atoms with E-state index in [4.69, 9.17) is 0 Å². The van der Waals surface area contributed by atoms with Crippen molar-refractivity contribution >= 4 is 40.0 Å². The minimum Gasteiger partial charge on any atom is -0.339 e. The van der Waals surface area contributed by atoms with E-state index in [0.717, 1.165) is 41.6 Å². The molecule has 5 rings (SSSR count). The Morgan fingerprint density at radius 2 is 1.80 bits per heavy atom. The van der Waals surface area contributed by atoms with Gasteiger partial charge in [-0.25, -0.2) is 4.98 Å². The zero-order valence-corrected chi connectivity index (χ0v) is 24.1. The van der Waals surface area contributed by atoms with Crippen LogP contribution in [0.2, 0.25) is 0 Å². The zero-order chi connectivity index (χ0) is 29.3. The molecule has 4 aromatic rings. The summed E-state index contributed by atoms with van der Waals surface area (Å²) in [5.41, 5.74) is 5.58. The monoisotopic (exact) mass is 553 g/mol. The van der Waals surface area contributed by atoms with Gasteiger partial charge in [0.2, 0.25) is 5.91 Å². The van der Waals surface area contributed by atoms with Crippen LogP contribution in [-0.4, -0.2) is 61.1 Å². The van der Waals surface area contributed by atoms with Gasteiger partial charge in [0.15, 0.2) is 5.78 Å². The third-order valence-corrected chi connectivity index (χ3v) is 7.73. The minimum atomic E-state index is -0.339. The molecule has 10 heteroatoms. The number of aromatic nitrogens is 4. The van der Waals surface area contributed by atoms with E-state index in [0.29, 0.717) is 46.9 Å². The van der Waals surface area contributed by atoms with Gasteiger partial charge in [-0.1, -0.05) is 6.92 Å². The number of fused-ring (bicyclic) bond motifs is 1. The van der Waals surface area contributed by atoms with Crippen LogP contribution in [0.1, 0.15) is 72.1 Å². The summed E-state index contributed by atoms with van der Waals surface area (Å²) in [6, 6.07) is 7.30. The van der Waals surface area contributed by atoms with E-state index in [-0.39, 0.29) is 23.1 Å². The second-order valence-corrected chi connectivity index (χ2v) is 11.2. The third-order valence-electron chi connectivity index (χ3n) is 7.73. The number of pyridine rings is 3. The molecular formula is C31H35N7O3. The number of ketones is 1. The number of rotatable bonds is 8. The Morgan fingerprint density at radius 1 is 1.00 bits per heavy atom. The lowest BCUT2D eigenvalue weighted by molar-refractivity contribution is -0.118. The predicted molar refractivity (Wildman–Crippen MR) is 159 cm³/mol. The molecule has 1 aliphatic rings. The average molecular weight is 554 g/mol. The van der Waals surface area contributed by atoms with Crippen molar-refractivity contribution < 1.29 is 14.4 Å². The van der Waals surface area contributed by atoms with Crippen molar-refractivity contribution in [2.75, 3.05) is 23.7 Å². The van der Waals surface area contributed by atoms with E-state index in [9.17, 15) is 14.4 Å². The molecule has 1 fully saturated rings. The lowest BCUT2D eigenvalue weighted by atomic mass is 10.0. The fourth-order valence-electron chi connectivity index (χ4n) is 5.23. The highest BCUT2D eigenvalue weighted by Gasteiger charge is 2.32. The summed E-state index contributed by atoms with van der Waals surface area (Å²) in [6.07, 6.45) is 7.32. The van der Waals surface area contributed by atoms with Gasteiger partial charge < -0.3 is 15.6 Å².